The third-order valence-corrected chi connectivity index (χ3v) is 2.18. The zero-order chi connectivity index (χ0) is 10.1. The molecule has 3 nitrogen and oxygen atoms in total. The van der Waals surface area contributed by atoms with Crippen molar-refractivity contribution in [3.63, 3.8) is 0 Å². The smallest absolute Gasteiger partial charge is 0.0739 e. The van der Waals surface area contributed by atoms with Gasteiger partial charge in [-0.1, -0.05) is 6.07 Å². The second kappa shape index (κ2) is 3.25. The van der Waals surface area contributed by atoms with Crippen LogP contribution in [0.4, 0.5) is 0 Å². The molecule has 0 aromatic carbocycles. The van der Waals surface area contributed by atoms with Crippen LogP contribution in [0.3, 0.4) is 0 Å². The fourth-order valence-electron chi connectivity index (χ4n) is 1.54. The van der Waals surface area contributed by atoms with E-state index >= 15 is 0 Å². The molecule has 0 amide bonds. The molecule has 2 aromatic heterocycles. The normalized spacial score (nSPS) is 10.5. The van der Waals surface area contributed by atoms with E-state index in [0.717, 1.165) is 22.6 Å². The highest BCUT2D eigenvalue weighted by molar-refractivity contribution is 5.60. The van der Waals surface area contributed by atoms with E-state index < -0.39 is 0 Å². The van der Waals surface area contributed by atoms with Gasteiger partial charge in [0.05, 0.1) is 11.4 Å². The third kappa shape index (κ3) is 1.53. The van der Waals surface area contributed by atoms with E-state index in [1.54, 1.807) is 0 Å². The van der Waals surface area contributed by atoms with Crippen molar-refractivity contribution < 1.29 is 0 Å². The van der Waals surface area contributed by atoms with E-state index in [-0.39, 0.29) is 0 Å². The molecule has 72 valence electrons. The average Bonchev–Trinajstić information content (AvgIpc) is 2.45. The van der Waals surface area contributed by atoms with Crippen LogP contribution in [-0.2, 0) is 7.05 Å². The minimum absolute atomic E-state index is 0.996. The fraction of sp³-hybridized carbons (Fsp3) is 0.273. The third-order valence-electron chi connectivity index (χ3n) is 2.18. The Hall–Kier alpha value is -1.64. The Morgan fingerprint density at radius 3 is 2.57 bits per heavy atom. The summed E-state index contributed by atoms with van der Waals surface area (Å²) in [6.45, 7) is 3.99. The highest BCUT2D eigenvalue weighted by Gasteiger charge is 2.06. The van der Waals surface area contributed by atoms with E-state index in [2.05, 4.69) is 10.1 Å². The Morgan fingerprint density at radius 2 is 2.00 bits per heavy atom. The van der Waals surface area contributed by atoms with Crippen molar-refractivity contribution in [1.29, 1.82) is 0 Å². The Kier molecular flexibility index (Phi) is 2.08. The lowest BCUT2D eigenvalue weighted by Gasteiger charge is -1.98. The molecule has 2 aromatic rings. The average molecular weight is 187 g/mol. The maximum absolute atomic E-state index is 4.46. The lowest BCUT2D eigenvalue weighted by Crippen LogP contribution is -1.86. The number of hydrogen-bond donors (Lipinski definition) is 0. The summed E-state index contributed by atoms with van der Waals surface area (Å²) in [4.78, 5) is 4.46. The molecule has 3 heteroatoms. The first kappa shape index (κ1) is 8.94. The van der Waals surface area contributed by atoms with Gasteiger partial charge in [0, 0.05) is 24.5 Å². The molecule has 0 aliphatic carbocycles. The van der Waals surface area contributed by atoms with Crippen LogP contribution in [0.5, 0.6) is 0 Å². The van der Waals surface area contributed by atoms with Gasteiger partial charge in [-0.2, -0.15) is 5.10 Å². The van der Waals surface area contributed by atoms with Crippen LogP contribution < -0.4 is 0 Å². The van der Waals surface area contributed by atoms with Gasteiger partial charge in [-0.05, 0) is 26.0 Å². The van der Waals surface area contributed by atoms with E-state index in [0.29, 0.717) is 0 Å². The molecule has 0 radical (unpaired) electrons. The SMILES string of the molecule is Cc1cccc(-c2cn(C)nc2C)n1. The predicted octanol–water partition coefficient (Wildman–Crippen LogP) is 2.10. The van der Waals surface area contributed by atoms with Crippen molar-refractivity contribution >= 4 is 0 Å². The molecule has 14 heavy (non-hydrogen) atoms. The van der Waals surface area contributed by atoms with Gasteiger partial charge in [-0.3, -0.25) is 9.67 Å². The zero-order valence-corrected chi connectivity index (χ0v) is 8.65. The first-order chi connectivity index (χ1) is 6.66. The maximum Gasteiger partial charge on any atom is 0.0739 e. The molecule has 0 aliphatic rings. The van der Waals surface area contributed by atoms with Gasteiger partial charge in [-0.15, -0.1) is 0 Å². The summed E-state index contributed by atoms with van der Waals surface area (Å²) in [6, 6.07) is 6.02. The fourth-order valence-corrected chi connectivity index (χ4v) is 1.54. The number of aryl methyl sites for hydroxylation is 3. The number of aromatic nitrogens is 3. The van der Waals surface area contributed by atoms with Crippen LogP contribution in [-0.4, -0.2) is 14.8 Å². The molecule has 0 saturated carbocycles. The second-order valence-electron chi connectivity index (χ2n) is 3.47. The quantitative estimate of drug-likeness (QED) is 0.684. The summed E-state index contributed by atoms with van der Waals surface area (Å²) < 4.78 is 1.81. The molecule has 0 N–H and O–H groups in total. The second-order valence-corrected chi connectivity index (χ2v) is 3.47. The molecule has 0 unspecified atom stereocenters. The Bertz CT molecular complexity index is 457. The lowest BCUT2D eigenvalue weighted by molar-refractivity contribution is 0.756. The monoisotopic (exact) mass is 187 g/mol. The van der Waals surface area contributed by atoms with Crippen molar-refractivity contribution in [3.8, 4) is 11.3 Å². The first-order valence-electron chi connectivity index (χ1n) is 4.61. The van der Waals surface area contributed by atoms with Gasteiger partial charge in [0.15, 0.2) is 0 Å². The van der Waals surface area contributed by atoms with Crippen molar-refractivity contribution in [1.82, 2.24) is 14.8 Å². The molecular weight excluding hydrogens is 174 g/mol. The van der Waals surface area contributed by atoms with Gasteiger partial charge in [0.1, 0.15) is 0 Å². The van der Waals surface area contributed by atoms with Gasteiger partial charge in [-0.25, -0.2) is 0 Å². The molecule has 0 fully saturated rings. The van der Waals surface area contributed by atoms with Crippen molar-refractivity contribution in [2.75, 3.05) is 0 Å². The van der Waals surface area contributed by atoms with Gasteiger partial charge in [0.2, 0.25) is 0 Å². The van der Waals surface area contributed by atoms with Crippen LogP contribution >= 0.6 is 0 Å². The summed E-state index contributed by atoms with van der Waals surface area (Å²) in [7, 11) is 1.92. The molecule has 0 saturated heterocycles. The largest absolute Gasteiger partial charge is 0.275 e. The Morgan fingerprint density at radius 1 is 1.21 bits per heavy atom. The van der Waals surface area contributed by atoms with Crippen LogP contribution in [0.1, 0.15) is 11.4 Å². The van der Waals surface area contributed by atoms with E-state index in [1.165, 1.54) is 0 Å². The summed E-state index contributed by atoms with van der Waals surface area (Å²) in [5.74, 6) is 0. The van der Waals surface area contributed by atoms with E-state index in [1.807, 2.05) is 50.0 Å². The highest BCUT2D eigenvalue weighted by Crippen LogP contribution is 2.19. The number of rotatable bonds is 1. The van der Waals surface area contributed by atoms with Crippen LogP contribution in [0, 0.1) is 13.8 Å². The van der Waals surface area contributed by atoms with Crippen LogP contribution in [0.25, 0.3) is 11.3 Å². The predicted molar refractivity (Wildman–Crippen MR) is 55.9 cm³/mol. The molecular formula is C11H13N3. The maximum atomic E-state index is 4.46. The highest BCUT2D eigenvalue weighted by atomic mass is 15.2. The molecule has 0 bridgehead atoms. The zero-order valence-electron chi connectivity index (χ0n) is 8.65. The van der Waals surface area contributed by atoms with E-state index in [4.69, 9.17) is 0 Å². The lowest BCUT2D eigenvalue weighted by atomic mass is 10.1. The molecule has 2 heterocycles. The van der Waals surface area contributed by atoms with Crippen LogP contribution in [0.15, 0.2) is 24.4 Å². The number of pyridine rings is 1. The summed E-state index contributed by atoms with van der Waals surface area (Å²) in [5, 5.41) is 4.29. The molecule has 0 aliphatic heterocycles. The van der Waals surface area contributed by atoms with Gasteiger partial charge < -0.3 is 0 Å². The minimum Gasteiger partial charge on any atom is -0.275 e. The summed E-state index contributed by atoms with van der Waals surface area (Å²) in [6.07, 6.45) is 2.00. The van der Waals surface area contributed by atoms with Gasteiger partial charge >= 0.3 is 0 Å². The molecule has 0 spiro atoms. The molecule has 0 atom stereocenters. The van der Waals surface area contributed by atoms with Crippen molar-refractivity contribution in [2.45, 2.75) is 13.8 Å². The standard InChI is InChI=1S/C11H13N3/c1-8-5-4-6-11(12-8)10-7-14(3)13-9(10)2/h4-7H,1-3H3. The van der Waals surface area contributed by atoms with Crippen molar-refractivity contribution in [3.05, 3.63) is 35.8 Å². The van der Waals surface area contributed by atoms with Crippen molar-refractivity contribution in [2.24, 2.45) is 7.05 Å². The van der Waals surface area contributed by atoms with Crippen LogP contribution in [0.2, 0.25) is 0 Å². The van der Waals surface area contributed by atoms with Gasteiger partial charge in [0.25, 0.3) is 0 Å². The first-order valence-corrected chi connectivity index (χ1v) is 4.61. The summed E-state index contributed by atoms with van der Waals surface area (Å²) in [5.41, 5.74) is 4.16. The number of hydrogen-bond acceptors (Lipinski definition) is 2. The molecule has 2 rings (SSSR count). The number of nitrogens with zero attached hydrogens (tertiary/aromatic N) is 3. The van der Waals surface area contributed by atoms with E-state index in [9.17, 15) is 0 Å². The Balaban J connectivity index is 2.54. The minimum atomic E-state index is 0.996. The topological polar surface area (TPSA) is 30.7 Å². The summed E-state index contributed by atoms with van der Waals surface area (Å²) >= 11 is 0. The Labute approximate surface area is 83.4 Å².